The molecule has 2 aromatic rings. The van der Waals surface area contributed by atoms with Gasteiger partial charge in [-0.1, -0.05) is 50.6 Å². The highest BCUT2D eigenvalue weighted by Crippen LogP contribution is 2.19. The van der Waals surface area contributed by atoms with Crippen LogP contribution in [0.4, 0.5) is 5.69 Å². The van der Waals surface area contributed by atoms with E-state index >= 15 is 0 Å². The van der Waals surface area contributed by atoms with Crippen molar-refractivity contribution < 1.29 is 4.79 Å². The van der Waals surface area contributed by atoms with Crippen LogP contribution in [0.1, 0.15) is 20.3 Å². The van der Waals surface area contributed by atoms with Crippen molar-refractivity contribution in [3.05, 3.63) is 42.5 Å². The first-order chi connectivity index (χ1) is 9.11. The van der Waals surface area contributed by atoms with Crippen LogP contribution < -0.4 is 11.1 Å². The zero-order valence-corrected chi connectivity index (χ0v) is 11.4. The van der Waals surface area contributed by atoms with Gasteiger partial charge >= 0.3 is 0 Å². The molecule has 0 saturated carbocycles. The smallest absolute Gasteiger partial charge is 0.241 e. The average Bonchev–Trinajstić information content (AvgIpc) is 2.45. The Hall–Kier alpha value is -1.87. The maximum absolute atomic E-state index is 12.0. The molecular formula is C16H20N2O. The van der Waals surface area contributed by atoms with E-state index in [4.69, 9.17) is 5.73 Å². The van der Waals surface area contributed by atoms with Crippen molar-refractivity contribution in [3.8, 4) is 0 Å². The molecular weight excluding hydrogens is 236 g/mol. The number of hydrogen-bond donors (Lipinski definition) is 2. The predicted octanol–water partition coefficient (Wildman–Crippen LogP) is 3.15. The lowest BCUT2D eigenvalue weighted by atomic mass is 9.99. The van der Waals surface area contributed by atoms with Crippen molar-refractivity contribution in [3.63, 3.8) is 0 Å². The van der Waals surface area contributed by atoms with Crippen LogP contribution >= 0.6 is 0 Å². The summed E-state index contributed by atoms with van der Waals surface area (Å²) in [4.78, 5) is 12.0. The van der Waals surface area contributed by atoms with Crippen molar-refractivity contribution >= 4 is 22.4 Å². The van der Waals surface area contributed by atoms with Gasteiger partial charge in [-0.3, -0.25) is 4.79 Å². The molecule has 2 rings (SSSR count). The molecule has 0 saturated heterocycles. The second-order valence-corrected chi connectivity index (χ2v) is 4.96. The largest absolute Gasteiger partial charge is 0.325 e. The Labute approximate surface area is 113 Å². The van der Waals surface area contributed by atoms with Crippen LogP contribution in [0.5, 0.6) is 0 Å². The summed E-state index contributed by atoms with van der Waals surface area (Å²) in [7, 11) is 0. The van der Waals surface area contributed by atoms with E-state index in [9.17, 15) is 4.79 Å². The minimum Gasteiger partial charge on any atom is -0.325 e. The summed E-state index contributed by atoms with van der Waals surface area (Å²) in [6.07, 6.45) is 0.895. The molecule has 0 aliphatic heterocycles. The van der Waals surface area contributed by atoms with E-state index in [0.29, 0.717) is 0 Å². The third kappa shape index (κ3) is 3.12. The second-order valence-electron chi connectivity index (χ2n) is 4.96. The zero-order chi connectivity index (χ0) is 13.8. The van der Waals surface area contributed by atoms with Gasteiger partial charge < -0.3 is 11.1 Å². The number of amides is 1. The molecule has 0 radical (unpaired) electrons. The Kier molecular flexibility index (Phi) is 4.17. The molecule has 0 aliphatic carbocycles. The highest BCUT2D eigenvalue weighted by atomic mass is 16.2. The van der Waals surface area contributed by atoms with Crippen LogP contribution in [0.15, 0.2) is 42.5 Å². The van der Waals surface area contributed by atoms with E-state index in [1.54, 1.807) is 0 Å². The van der Waals surface area contributed by atoms with Crippen molar-refractivity contribution in [2.45, 2.75) is 26.3 Å². The Morgan fingerprint density at radius 1 is 1.21 bits per heavy atom. The van der Waals surface area contributed by atoms with Crippen molar-refractivity contribution in [2.24, 2.45) is 11.7 Å². The SMILES string of the molecule is CC[C@@H](C)[C@@H](N)C(=O)Nc1ccc2ccccc2c1. The second kappa shape index (κ2) is 5.85. The molecule has 0 aromatic heterocycles. The summed E-state index contributed by atoms with van der Waals surface area (Å²) in [6.45, 7) is 4.03. The summed E-state index contributed by atoms with van der Waals surface area (Å²) in [6, 6.07) is 13.5. The third-order valence-corrected chi connectivity index (χ3v) is 3.58. The number of anilines is 1. The van der Waals surface area contributed by atoms with E-state index in [1.807, 2.05) is 56.3 Å². The monoisotopic (exact) mass is 256 g/mol. The lowest BCUT2D eigenvalue weighted by Crippen LogP contribution is -2.40. The summed E-state index contributed by atoms with van der Waals surface area (Å²) in [5, 5.41) is 5.15. The standard InChI is InChI=1S/C16H20N2O/c1-3-11(2)15(17)16(19)18-14-9-8-12-6-4-5-7-13(12)10-14/h4-11,15H,3,17H2,1-2H3,(H,18,19)/t11-,15-/m1/s1. The number of carbonyl (C=O) groups excluding carboxylic acids is 1. The lowest BCUT2D eigenvalue weighted by molar-refractivity contribution is -0.118. The van der Waals surface area contributed by atoms with Crippen molar-refractivity contribution in [1.82, 2.24) is 0 Å². The topological polar surface area (TPSA) is 55.1 Å². The lowest BCUT2D eigenvalue weighted by Gasteiger charge is -2.17. The van der Waals surface area contributed by atoms with Gasteiger partial charge in [0.05, 0.1) is 6.04 Å². The van der Waals surface area contributed by atoms with Crippen LogP contribution in [0, 0.1) is 5.92 Å². The summed E-state index contributed by atoms with van der Waals surface area (Å²) < 4.78 is 0. The molecule has 2 aromatic carbocycles. The average molecular weight is 256 g/mol. The molecule has 100 valence electrons. The van der Waals surface area contributed by atoms with E-state index in [1.165, 1.54) is 0 Å². The quantitative estimate of drug-likeness (QED) is 0.883. The first-order valence-electron chi connectivity index (χ1n) is 6.67. The number of carbonyl (C=O) groups is 1. The normalized spacial score (nSPS) is 14.1. The maximum atomic E-state index is 12.0. The maximum Gasteiger partial charge on any atom is 0.241 e. The number of rotatable bonds is 4. The molecule has 19 heavy (non-hydrogen) atoms. The van der Waals surface area contributed by atoms with Gasteiger partial charge in [0, 0.05) is 5.69 Å². The van der Waals surface area contributed by atoms with Crippen molar-refractivity contribution in [2.75, 3.05) is 5.32 Å². The minimum atomic E-state index is -0.462. The van der Waals surface area contributed by atoms with Crippen LogP contribution in [-0.4, -0.2) is 11.9 Å². The van der Waals surface area contributed by atoms with Gasteiger partial charge in [-0.15, -0.1) is 0 Å². The Bertz CT molecular complexity index is 580. The predicted molar refractivity (Wildman–Crippen MR) is 80.0 cm³/mol. The van der Waals surface area contributed by atoms with E-state index < -0.39 is 6.04 Å². The Morgan fingerprint density at radius 2 is 1.89 bits per heavy atom. The number of hydrogen-bond acceptors (Lipinski definition) is 2. The summed E-state index contributed by atoms with van der Waals surface area (Å²) in [5.74, 6) is 0.0603. The molecule has 1 amide bonds. The molecule has 3 nitrogen and oxygen atoms in total. The van der Waals surface area contributed by atoms with Gasteiger partial charge in [-0.05, 0) is 28.8 Å². The first kappa shape index (κ1) is 13.6. The summed E-state index contributed by atoms with van der Waals surface area (Å²) >= 11 is 0. The molecule has 0 unspecified atom stereocenters. The third-order valence-electron chi connectivity index (χ3n) is 3.58. The van der Waals surface area contributed by atoms with Gasteiger partial charge in [0.1, 0.15) is 0 Å². The first-order valence-corrected chi connectivity index (χ1v) is 6.67. The summed E-state index contributed by atoms with van der Waals surface area (Å²) in [5.41, 5.74) is 6.71. The number of nitrogens with two attached hydrogens (primary N) is 1. The number of benzene rings is 2. The molecule has 3 heteroatoms. The van der Waals surface area contributed by atoms with E-state index in [0.717, 1.165) is 22.9 Å². The Balaban J connectivity index is 2.15. The van der Waals surface area contributed by atoms with Crippen molar-refractivity contribution in [1.29, 1.82) is 0 Å². The van der Waals surface area contributed by atoms with E-state index in [2.05, 4.69) is 5.32 Å². The Morgan fingerprint density at radius 3 is 2.58 bits per heavy atom. The van der Waals surface area contributed by atoms with Gasteiger partial charge in [0.15, 0.2) is 0 Å². The van der Waals surface area contributed by atoms with Crippen LogP contribution in [0.25, 0.3) is 10.8 Å². The van der Waals surface area contributed by atoms with Crippen LogP contribution in [0.3, 0.4) is 0 Å². The molecule has 3 N–H and O–H groups in total. The fourth-order valence-electron chi connectivity index (χ4n) is 2.01. The molecule has 0 aliphatic rings. The fraction of sp³-hybridized carbons (Fsp3) is 0.312. The molecule has 2 atom stereocenters. The fourth-order valence-corrected chi connectivity index (χ4v) is 2.01. The highest BCUT2D eigenvalue weighted by molar-refractivity contribution is 5.97. The molecule has 0 heterocycles. The number of fused-ring (bicyclic) bond motifs is 1. The number of nitrogens with one attached hydrogen (secondary N) is 1. The molecule has 0 bridgehead atoms. The van der Waals surface area contributed by atoms with Gasteiger partial charge in [-0.2, -0.15) is 0 Å². The molecule has 0 spiro atoms. The van der Waals surface area contributed by atoms with Gasteiger partial charge in [-0.25, -0.2) is 0 Å². The van der Waals surface area contributed by atoms with Gasteiger partial charge in [0.2, 0.25) is 5.91 Å². The molecule has 0 fully saturated rings. The van der Waals surface area contributed by atoms with Gasteiger partial charge in [0.25, 0.3) is 0 Å². The minimum absolute atomic E-state index is 0.121. The van der Waals surface area contributed by atoms with Crippen LogP contribution in [-0.2, 0) is 4.79 Å². The van der Waals surface area contributed by atoms with Crippen LogP contribution in [0.2, 0.25) is 0 Å². The van der Waals surface area contributed by atoms with E-state index in [-0.39, 0.29) is 11.8 Å². The zero-order valence-electron chi connectivity index (χ0n) is 11.4. The highest BCUT2D eigenvalue weighted by Gasteiger charge is 2.19.